The van der Waals surface area contributed by atoms with Crippen LogP contribution in [-0.2, 0) is 4.74 Å². The highest BCUT2D eigenvalue weighted by Crippen LogP contribution is 2.05. The summed E-state index contributed by atoms with van der Waals surface area (Å²) in [4.78, 5) is 21.7. The van der Waals surface area contributed by atoms with Crippen molar-refractivity contribution < 1.29 is 14.3 Å². The zero-order chi connectivity index (χ0) is 14.1. The van der Waals surface area contributed by atoms with Crippen LogP contribution in [-0.4, -0.2) is 25.3 Å². The highest BCUT2D eigenvalue weighted by molar-refractivity contribution is 5.97. The second-order valence-corrected chi connectivity index (χ2v) is 4.54. The molecular formula is C15H22O3. The smallest absolute Gasteiger partial charge is 0.159 e. The molecule has 0 aliphatic rings. The number of rotatable bonds is 4. The van der Waals surface area contributed by atoms with Gasteiger partial charge in [-0.2, -0.15) is 0 Å². The summed E-state index contributed by atoms with van der Waals surface area (Å²) < 4.78 is 4.80. The Kier molecular flexibility index (Phi) is 7.88. The van der Waals surface area contributed by atoms with Crippen molar-refractivity contribution in [2.75, 3.05) is 13.7 Å². The van der Waals surface area contributed by atoms with Crippen molar-refractivity contribution in [2.24, 2.45) is 5.92 Å². The lowest BCUT2D eigenvalue weighted by Crippen LogP contribution is -1.96. The fourth-order valence-corrected chi connectivity index (χ4v) is 1.27. The molecule has 3 heteroatoms. The molecule has 0 radical (unpaired) electrons. The fourth-order valence-electron chi connectivity index (χ4n) is 1.27. The summed E-state index contributed by atoms with van der Waals surface area (Å²) in [6, 6.07) is 6.66. The Morgan fingerprint density at radius 3 is 1.44 bits per heavy atom. The normalized spacial score (nSPS) is 9.67. The Morgan fingerprint density at radius 1 is 1.00 bits per heavy atom. The highest BCUT2D eigenvalue weighted by Gasteiger charge is 2.00. The summed E-state index contributed by atoms with van der Waals surface area (Å²) in [5.41, 5.74) is 1.28. The quantitative estimate of drug-likeness (QED) is 0.769. The van der Waals surface area contributed by atoms with Crippen LogP contribution in [0.2, 0.25) is 0 Å². The van der Waals surface area contributed by atoms with E-state index in [-0.39, 0.29) is 11.6 Å². The van der Waals surface area contributed by atoms with Crippen molar-refractivity contribution >= 4 is 11.6 Å². The van der Waals surface area contributed by atoms with Crippen molar-refractivity contribution in [1.82, 2.24) is 0 Å². The van der Waals surface area contributed by atoms with Gasteiger partial charge in [-0.1, -0.05) is 38.1 Å². The molecule has 0 aromatic heterocycles. The summed E-state index contributed by atoms with van der Waals surface area (Å²) in [5, 5.41) is 0. The largest absolute Gasteiger partial charge is 0.384 e. The predicted octanol–water partition coefficient (Wildman–Crippen LogP) is 3.38. The molecule has 0 spiro atoms. The molecule has 0 aliphatic heterocycles. The molecule has 1 rings (SSSR count). The first-order valence-corrected chi connectivity index (χ1v) is 5.99. The Balaban J connectivity index is 0.000000411. The molecule has 0 atom stereocenters. The first-order valence-electron chi connectivity index (χ1n) is 5.99. The predicted molar refractivity (Wildman–Crippen MR) is 73.2 cm³/mol. The Bertz CT molecular complexity index is 344. The van der Waals surface area contributed by atoms with Crippen molar-refractivity contribution in [3.63, 3.8) is 0 Å². The van der Waals surface area contributed by atoms with Gasteiger partial charge >= 0.3 is 0 Å². The van der Waals surface area contributed by atoms with Gasteiger partial charge in [0, 0.05) is 24.8 Å². The van der Waals surface area contributed by atoms with Gasteiger partial charge in [0.2, 0.25) is 0 Å². The van der Waals surface area contributed by atoms with Gasteiger partial charge in [-0.15, -0.1) is 0 Å². The average Bonchev–Trinajstić information content (AvgIpc) is 2.29. The molecule has 18 heavy (non-hydrogen) atoms. The van der Waals surface area contributed by atoms with Crippen LogP contribution >= 0.6 is 0 Å². The minimum absolute atomic E-state index is 0.0186. The van der Waals surface area contributed by atoms with E-state index >= 15 is 0 Å². The molecule has 3 nitrogen and oxygen atoms in total. The van der Waals surface area contributed by atoms with Gasteiger partial charge in [-0.05, 0) is 19.8 Å². The van der Waals surface area contributed by atoms with Crippen LogP contribution in [0.1, 0.15) is 48.4 Å². The lowest BCUT2D eigenvalue weighted by Gasteiger charge is -1.97. The number of hydrogen-bond donors (Lipinski definition) is 0. The Hall–Kier alpha value is -1.48. The number of carbonyl (C=O) groups is 2. The molecule has 0 saturated carbocycles. The van der Waals surface area contributed by atoms with Crippen LogP contribution in [0, 0.1) is 5.92 Å². The maximum atomic E-state index is 10.8. The second-order valence-electron chi connectivity index (χ2n) is 4.54. The van der Waals surface area contributed by atoms with Crippen LogP contribution < -0.4 is 0 Å². The molecule has 0 unspecified atom stereocenters. The van der Waals surface area contributed by atoms with Gasteiger partial charge in [0.25, 0.3) is 0 Å². The standard InChI is InChI=1S/C10H10O2.C5H12O/c1-7(11)9-3-5-10(6-4-9)8(2)12;1-5(2)4-6-3/h3-6H,1-2H3;5H,4H2,1-3H3. The number of Topliss-reactive ketones (excluding diaryl/α,β-unsaturated/α-hetero) is 2. The van der Waals surface area contributed by atoms with Crippen LogP contribution in [0.3, 0.4) is 0 Å². The number of carbonyl (C=O) groups excluding carboxylic acids is 2. The lowest BCUT2D eigenvalue weighted by atomic mass is 10.1. The highest BCUT2D eigenvalue weighted by atomic mass is 16.5. The van der Waals surface area contributed by atoms with E-state index in [0.29, 0.717) is 17.0 Å². The van der Waals surface area contributed by atoms with E-state index in [1.165, 1.54) is 13.8 Å². The summed E-state index contributed by atoms with van der Waals surface area (Å²) in [7, 11) is 1.72. The molecule has 0 saturated heterocycles. The first-order chi connectivity index (χ1) is 8.38. The van der Waals surface area contributed by atoms with Gasteiger partial charge in [-0.25, -0.2) is 0 Å². The van der Waals surface area contributed by atoms with Gasteiger partial charge in [0.1, 0.15) is 0 Å². The molecule has 0 bridgehead atoms. The monoisotopic (exact) mass is 250 g/mol. The maximum absolute atomic E-state index is 10.8. The number of ketones is 2. The van der Waals surface area contributed by atoms with E-state index in [1.807, 2.05) is 0 Å². The van der Waals surface area contributed by atoms with E-state index in [2.05, 4.69) is 13.8 Å². The summed E-state index contributed by atoms with van der Waals surface area (Å²) in [6.45, 7) is 8.14. The van der Waals surface area contributed by atoms with E-state index in [0.717, 1.165) is 6.61 Å². The first kappa shape index (κ1) is 16.5. The van der Waals surface area contributed by atoms with Crippen LogP contribution in [0.4, 0.5) is 0 Å². The average molecular weight is 250 g/mol. The molecule has 1 aromatic rings. The van der Waals surface area contributed by atoms with E-state index < -0.39 is 0 Å². The minimum atomic E-state index is 0.0186. The van der Waals surface area contributed by atoms with Gasteiger partial charge in [0.05, 0.1) is 0 Å². The number of methoxy groups -OCH3 is 1. The number of benzene rings is 1. The van der Waals surface area contributed by atoms with Gasteiger partial charge < -0.3 is 4.74 Å². The number of hydrogen-bond acceptors (Lipinski definition) is 3. The van der Waals surface area contributed by atoms with E-state index in [4.69, 9.17) is 4.74 Å². The fraction of sp³-hybridized carbons (Fsp3) is 0.467. The number of ether oxygens (including phenoxy) is 1. The van der Waals surface area contributed by atoms with Crippen molar-refractivity contribution in [2.45, 2.75) is 27.7 Å². The zero-order valence-corrected chi connectivity index (χ0v) is 11.8. The van der Waals surface area contributed by atoms with Crippen LogP contribution in [0.5, 0.6) is 0 Å². The molecule has 0 amide bonds. The molecule has 0 fully saturated rings. The SMILES string of the molecule is CC(=O)c1ccc(C(C)=O)cc1.COCC(C)C. The molecule has 0 N–H and O–H groups in total. The molecular weight excluding hydrogens is 228 g/mol. The Morgan fingerprint density at radius 2 is 1.33 bits per heavy atom. The van der Waals surface area contributed by atoms with Crippen molar-refractivity contribution in [3.05, 3.63) is 35.4 Å². The molecule has 100 valence electrons. The third-order valence-corrected chi connectivity index (χ3v) is 2.20. The third-order valence-electron chi connectivity index (χ3n) is 2.20. The van der Waals surface area contributed by atoms with Crippen LogP contribution in [0.25, 0.3) is 0 Å². The van der Waals surface area contributed by atoms with Gasteiger partial charge in [-0.3, -0.25) is 9.59 Å². The summed E-state index contributed by atoms with van der Waals surface area (Å²) in [6.07, 6.45) is 0. The molecule has 1 aromatic carbocycles. The Labute approximate surface area is 109 Å². The molecule has 0 heterocycles. The van der Waals surface area contributed by atoms with Crippen molar-refractivity contribution in [1.29, 1.82) is 0 Å². The van der Waals surface area contributed by atoms with E-state index in [1.54, 1.807) is 31.4 Å². The minimum Gasteiger partial charge on any atom is -0.384 e. The third kappa shape index (κ3) is 6.97. The summed E-state index contributed by atoms with van der Waals surface area (Å²) >= 11 is 0. The van der Waals surface area contributed by atoms with Gasteiger partial charge in [0.15, 0.2) is 11.6 Å². The topological polar surface area (TPSA) is 43.4 Å². The van der Waals surface area contributed by atoms with Crippen molar-refractivity contribution in [3.8, 4) is 0 Å². The second kappa shape index (κ2) is 8.59. The van der Waals surface area contributed by atoms with E-state index in [9.17, 15) is 9.59 Å². The maximum Gasteiger partial charge on any atom is 0.159 e. The van der Waals surface area contributed by atoms with Crippen LogP contribution in [0.15, 0.2) is 24.3 Å². The summed E-state index contributed by atoms with van der Waals surface area (Å²) in [5.74, 6) is 0.713. The lowest BCUT2D eigenvalue weighted by molar-refractivity contribution is 0.100. The zero-order valence-electron chi connectivity index (χ0n) is 11.8. The molecule has 0 aliphatic carbocycles.